The Morgan fingerprint density at radius 1 is 0.822 bits per heavy atom. The van der Waals surface area contributed by atoms with E-state index in [0.717, 1.165) is 60.5 Å². The van der Waals surface area contributed by atoms with Crippen LogP contribution in [0.15, 0.2) is 48.5 Å². The predicted molar refractivity (Wildman–Crippen MR) is 177 cm³/mol. The van der Waals surface area contributed by atoms with Gasteiger partial charge in [-0.05, 0) is 87.1 Å². The minimum absolute atomic E-state index is 0.111. The second-order valence-corrected chi connectivity index (χ2v) is 11.9. The van der Waals surface area contributed by atoms with E-state index in [9.17, 15) is 4.79 Å². The number of benzene rings is 2. The number of nitrogens with one attached hydrogen (secondary N) is 1. The van der Waals surface area contributed by atoms with Gasteiger partial charge in [0.25, 0.3) is 0 Å². The van der Waals surface area contributed by atoms with E-state index < -0.39 is 0 Å². The van der Waals surface area contributed by atoms with Gasteiger partial charge in [-0.15, -0.1) is 0 Å². The van der Waals surface area contributed by atoms with Crippen LogP contribution in [0.5, 0.6) is 17.5 Å². The number of fused-ring (bicyclic) bond motifs is 1. The third-order valence-corrected chi connectivity index (χ3v) is 8.50. The van der Waals surface area contributed by atoms with Gasteiger partial charge in [-0.2, -0.15) is 9.97 Å². The first kappa shape index (κ1) is 32.3. The van der Waals surface area contributed by atoms with E-state index in [4.69, 9.17) is 24.2 Å². The fourth-order valence-electron chi connectivity index (χ4n) is 5.86. The molecule has 0 aliphatic carbocycles. The van der Waals surface area contributed by atoms with Crippen molar-refractivity contribution in [2.24, 2.45) is 0 Å². The molecule has 2 amide bonds. The Morgan fingerprint density at radius 2 is 1.44 bits per heavy atom. The zero-order valence-electron chi connectivity index (χ0n) is 27.1. The number of rotatable bonds is 17. The van der Waals surface area contributed by atoms with Crippen LogP contribution in [-0.4, -0.2) is 72.8 Å². The van der Waals surface area contributed by atoms with Crippen LogP contribution in [0.3, 0.4) is 0 Å². The highest BCUT2D eigenvalue weighted by Crippen LogP contribution is 2.35. The van der Waals surface area contributed by atoms with E-state index in [1.165, 1.54) is 32.4 Å². The highest BCUT2D eigenvalue weighted by molar-refractivity contribution is 5.95. The third-order valence-electron chi connectivity index (χ3n) is 8.50. The molecule has 0 unspecified atom stereocenters. The number of urea groups is 1. The van der Waals surface area contributed by atoms with Gasteiger partial charge in [-0.1, -0.05) is 44.0 Å². The zero-order chi connectivity index (χ0) is 31.4. The van der Waals surface area contributed by atoms with Gasteiger partial charge in [0, 0.05) is 19.6 Å². The summed E-state index contributed by atoms with van der Waals surface area (Å²) in [4.78, 5) is 29.7. The zero-order valence-corrected chi connectivity index (χ0v) is 27.1. The van der Waals surface area contributed by atoms with Crippen LogP contribution in [0.25, 0.3) is 0 Å². The van der Waals surface area contributed by atoms with Crippen molar-refractivity contribution in [3.63, 3.8) is 0 Å². The molecule has 2 aromatic carbocycles. The van der Waals surface area contributed by atoms with Crippen molar-refractivity contribution in [3.05, 3.63) is 65.4 Å². The Bertz CT molecular complexity index is 1310. The number of unbranched alkanes of at least 4 members (excludes halogenated alkanes) is 3. The molecule has 0 spiro atoms. The number of amides is 2. The maximum atomic E-state index is 13.4. The largest absolute Gasteiger partial charge is 0.497 e. The molecule has 1 saturated heterocycles. The van der Waals surface area contributed by atoms with Crippen LogP contribution < -0.4 is 24.4 Å². The van der Waals surface area contributed by atoms with E-state index in [1.54, 1.807) is 14.2 Å². The van der Waals surface area contributed by atoms with Crippen LogP contribution in [0, 0.1) is 0 Å². The maximum Gasteiger partial charge on any atom is 0.322 e. The van der Waals surface area contributed by atoms with Crippen molar-refractivity contribution in [3.8, 4) is 17.5 Å². The Labute approximate surface area is 267 Å². The highest BCUT2D eigenvalue weighted by atomic mass is 16.5. The van der Waals surface area contributed by atoms with E-state index in [2.05, 4.69) is 46.3 Å². The first-order valence-corrected chi connectivity index (χ1v) is 16.4. The number of nitrogens with zero attached hydrogens (tertiary/aromatic N) is 5. The molecule has 0 bridgehead atoms. The van der Waals surface area contributed by atoms with Crippen LogP contribution in [0.4, 0.5) is 16.3 Å². The quantitative estimate of drug-likeness (QED) is 0.172. The highest BCUT2D eigenvalue weighted by Gasteiger charge is 2.30. The summed E-state index contributed by atoms with van der Waals surface area (Å²) in [7, 11) is 3.33. The number of hydrogen-bond donors (Lipinski definition) is 1. The molecule has 10 nitrogen and oxygen atoms in total. The van der Waals surface area contributed by atoms with Crippen LogP contribution >= 0.6 is 0 Å². The first-order chi connectivity index (χ1) is 22.1. The lowest BCUT2D eigenvalue weighted by molar-refractivity contribution is 0.203. The van der Waals surface area contributed by atoms with Gasteiger partial charge in [-0.3, -0.25) is 0 Å². The molecule has 1 fully saturated rings. The fraction of sp³-hybridized carbons (Fsp3) is 0.514. The van der Waals surface area contributed by atoms with Gasteiger partial charge in [0.2, 0.25) is 0 Å². The number of ether oxygens (including phenoxy) is 3. The van der Waals surface area contributed by atoms with Gasteiger partial charge in [0.05, 0.1) is 33.1 Å². The van der Waals surface area contributed by atoms with Crippen LogP contribution in [0.2, 0.25) is 0 Å². The number of likely N-dealkylation sites (tertiary alicyclic amines) is 1. The van der Waals surface area contributed by atoms with Crippen LogP contribution in [-0.2, 0) is 19.6 Å². The molecule has 242 valence electrons. The average Bonchev–Trinajstić information content (AvgIpc) is 3.59. The minimum atomic E-state index is -0.111. The molecule has 2 aliphatic rings. The van der Waals surface area contributed by atoms with E-state index >= 15 is 0 Å². The van der Waals surface area contributed by atoms with Crippen molar-refractivity contribution in [1.82, 2.24) is 19.8 Å². The molecule has 3 aromatic rings. The monoisotopic (exact) mass is 616 g/mol. The average molecular weight is 617 g/mol. The lowest BCUT2D eigenvalue weighted by Gasteiger charge is -2.33. The van der Waals surface area contributed by atoms with Crippen molar-refractivity contribution in [2.75, 3.05) is 57.2 Å². The molecule has 1 N–H and O–H groups in total. The van der Waals surface area contributed by atoms with Gasteiger partial charge < -0.3 is 34.2 Å². The molecule has 45 heavy (non-hydrogen) atoms. The van der Waals surface area contributed by atoms with Crippen molar-refractivity contribution in [2.45, 2.75) is 71.5 Å². The molecule has 0 saturated carbocycles. The fourth-order valence-corrected chi connectivity index (χ4v) is 5.86. The smallest absolute Gasteiger partial charge is 0.322 e. The Morgan fingerprint density at radius 3 is 2.04 bits per heavy atom. The number of carbonyl (C=O) groups is 1. The summed E-state index contributed by atoms with van der Waals surface area (Å²) in [6.45, 7) is 8.51. The summed E-state index contributed by atoms with van der Waals surface area (Å²) < 4.78 is 16.8. The number of anilines is 2. The summed E-state index contributed by atoms with van der Waals surface area (Å²) in [5.74, 6) is 2.25. The summed E-state index contributed by atoms with van der Waals surface area (Å²) in [6, 6.07) is 16.3. The lowest BCUT2D eigenvalue weighted by atomic mass is 10.1. The van der Waals surface area contributed by atoms with Crippen molar-refractivity contribution >= 4 is 17.5 Å². The summed E-state index contributed by atoms with van der Waals surface area (Å²) in [5, 5.41) is 3.16. The second kappa shape index (κ2) is 16.3. The predicted octanol–water partition coefficient (Wildman–Crippen LogP) is 6.49. The molecule has 0 radical (unpaired) electrons. The third kappa shape index (κ3) is 9.00. The van der Waals surface area contributed by atoms with E-state index in [0.29, 0.717) is 50.3 Å². The number of carbonyl (C=O) groups excluding carboxylic acids is 1. The molecule has 2 aliphatic heterocycles. The SMILES string of the molecule is CCCCOc1nc2c(c(N(Cc3ccc(OC)cc3)Cc3ccc(OC)cc3)n1)NC(=O)N(CCCCCN1CCCC1)C2. The molecule has 3 heterocycles. The summed E-state index contributed by atoms with van der Waals surface area (Å²) >= 11 is 0. The number of methoxy groups -OCH3 is 2. The Kier molecular flexibility index (Phi) is 11.7. The summed E-state index contributed by atoms with van der Waals surface area (Å²) in [6.07, 6.45) is 7.80. The van der Waals surface area contributed by atoms with Crippen molar-refractivity contribution in [1.29, 1.82) is 0 Å². The Hall–Kier alpha value is -4.05. The minimum Gasteiger partial charge on any atom is -0.497 e. The molecule has 5 rings (SSSR count). The number of hydrogen-bond acceptors (Lipinski definition) is 8. The van der Waals surface area contributed by atoms with Gasteiger partial charge >= 0.3 is 12.0 Å². The van der Waals surface area contributed by atoms with E-state index in [1.807, 2.05) is 29.2 Å². The standard InChI is InChI=1S/C35H48N6O4/c1-4-5-23-45-34-36-31-26-40(22-8-6-7-19-39-20-9-10-21-39)35(42)37-32(31)33(38-34)41(24-27-11-15-29(43-2)16-12-27)25-28-13-17-30(44-3)18-14-28/h11-18H,4-10,19-26H2,1-3H3,(H,37,42). The molecule has 1 aromatic heterocycles. The summed E-state index contributed by atoms with van der Waals surface area (Å²) in [5.41, 5.74) is 3.60. The van der Waals surface area contributed by atoms with Gasteiger partial charge in [0.15, 0.2) is 5.82 Å². The second-order valence-electron chi connectivity index (χ2n) is 11.9. The lowest BCUT2D eigenvalue weighted by Crippen LogP contribution is -2.41. The normalized spacial score (nSPS) is 14.6. The maximum absolute atomic E-state index is 13.4. The van der Waals surface area contributed by atoms with Gasteiger partial charge in [-0.25, -0.2) is 4.79 Å². The topological polar surface area (TPSA) is 92.3 Å². The molecule has 10 heteroatoms. The van der Waals surface area contributed by atoms with Crippen molar-refractivity contribution < 1.29 is 19.0 Å². The molecular weight excluding hydrogens is 568 g/mol. The van der Waals surface area contributed by atoms with Crippen LogP contribution in [0.1, 0.15) is 68.7 Å². The Balaban J connectivity index is 1.39. The molecular formula is C35H48N6O4. The molecule has 0 atom stereocenters. The van der Waals surface area contributed by atoms with E-state index in [-0.39, 0.29) is 6.03 Å². The first-order valence-electron chi connectivity index (χ1n) is 16.4. The number of aromatic nitrogens is 2. The van der Waals surface area contributed by atoms with Gasteiger partial charge in [0.1, 0.15) is 17.2 Å².